The normalized spacial score (nSPS) is 19.2. The van der Waals surface area contributed by atoms with Crippen LogP contribution >= 0.6 is 0 Å². The number of benzene rings is 1. The van der Waals surface area contributed by atoms with Crippen molar-refractivity contribution in [2.24, 2.45) is 0 Å². The van der Waals surface area contributed by atoms with Crippen molar-refractivity contribution < 1.29 is 17.9 Å². The molecule has 1 aliphatic carbocycles. The molecule has 1 saturated carbocycles. The number of nitrogens with one attached hydrogen (secondary N) is 3. The fourth-order valence-electron chi connectivity index (χ4n) is 5.23. The van der Waals surface area contributed by atoms with Crippen molar-refractivity contribution in [3.8, 4) is 17.1 Å². The summed E-state index contributed by atoms with van der Waals surface area (Å²) < 4.78 is 36.3. The maximum Gasteiger partial charge on any atom is 0.334 e. The number of carbonyl (C=O) groups excluding carboxylic acids is 1. The molecular weight excluding hydrogens is 496 g/mol. The summed E-state index contributed by atoms with van der Waals surface area (Å²) in [6, 6.07) is 3.55. The van der Waals surface area contributed by atoms with Crippen molar-refractivity contribution in [1.82, 2.24) is 29.4 Å². The molecule has 3 aromatic rings. The smallest absolute Gasteiger partial charge is 0.334 e. The molecule has 12 heteroatoms. The highest BCUT2D eigenvalue weighted by atomic mass is 32.2. The van der Waals surface area contributed by atoms with Crippen molar-refractivity contribution in [1.29, 1.82) is 0 Å². The Hall–Kier alpha value is -3.25. The van der Waals surface area contributed by atoms with E-state index in [0.717, 1.165) is 44.2 Å². The Morgan fingerprint density at radius 2 is 1.86 bits per heavy atom. The van der Waals surface area contributed by atoms with Gasteiger partial charge in [-0.25, -0.2) is 27.6 Å². The summed E-state index contributed by atoms with van der Waals surface area (Å²) in [7, 11) is -4.04. The fourth-order valence-corrected chi connectivity index (χ4v) is 6.49. The van der Waals surface area contributed by atoms with Crippen LogP contribution in [0.25, 0.3) is 17.0 Å². The summed E-state index contributed by atoms with van der Waals surface area (Å²) in [4.78, 5) is 37.6. The lowest BCUT2D eigenvalue weighted by atomic mass is 10.0. The number of sulfonamides is 1. The Labute approximate surface area is 215 Å². The number of aryl methyl sites for hydroxylation is 1. The molecule has 1 atom stereocenters. The zero-order valence-electron chi connectivity index (χ0n) is 21.0. The Balaban J connectivity index is 1.59. The molecule has 5 rings (SSSR count). The molecule has 1 amide bonds. The number of H-pyrrole nitrogens is 1. The molecule has 2 fully saturated rings. The molecule has 1 unspecified atom stereocenters. The number of aromatic amines is 1. The number of nitrogens with zero attached hydrogens (tertiary/aromatic N) is 3. The number of hydrogen-bond donors (Lipinski definition) is 3. The standard InChI is InChI=1S/C25H32N6O5S/c1-3-36-20-12-11-17(37(34,35)30-19-10-6-7-13-26-24(19)32)14-18(20)22-28-23-21(16-8-4-5-9-16)27-15(2)31(23)25(33)29-22/h11-12,14,16,19,30H,3-10,13H2,1-2H3,(H,26,32)(H,28,29,33). The van der Waals surface area contributed by atoms with Gasteiger partial charge in [0.1, 0.15) is 23.4 Å². The third kappa shape index (κ3) is 4.99. The summed E-state index contributed by atoms with van der Waals surface area (Å²) in [5, 5.41) is 2.74. The monoisotopic (exact) mass is 528 g/mol. The lowest BCUT2D eigenvalue weighted by Gasteiger charge is -2.17. The van der Waals surface area contributed by atoms with Gasteiger partial charge in [0.05, 0.1) is 22.8 Å². The van der Waals surface area contributed by atoms with Crippen molar-refractivity contribution in [2.45, 2.75) is 75.6 Å². The van der Waals surface area contributed by atoms with Crippen molar-refractivity contribution in [2.75, 3.05) is 13.2 Å². The number of rotatable bonds is 7. The second kappa shape index (κ2) is 10.3. The molecule has 0 radical (unpaired) electrons. The molecule has 1 aliphatic heterocycles. The topological polar surface area (TPSA) is 148 Å². The van der Waals surface area contributed by atoms with E-state index in [0.29, 0.717) is 42.4 Å². The first-order chi connectivity index (χ1) is 17.8. The van der Waals surface area contributed by atoms with Crippen LogP contribution in [0.2, 0.25) is 0 Å². The van der Waals surface area contributed by atoms with Crippen LogP contribution in [-0.2, 0) is 14.8 Å². The van der Waals surface area contributed by atoms with E-state index in [-0.39, 0.29) is 22.5 Å². The van der Waals surface area contributed by atoms with E-state index in [1.165, 1.54) is 16.5 Å². The summed E-state index contributed by atoms with van der Waals surface area (Å²) >= 11 is 0. The third-order valence-corrected chi connectivity index (χ3v) is 8.55. The van der Waals surface area contributed by atoms with E-state index in [9.17, 15) is 18.0 Å². The number of carbonyl (C=O) groups is 1. The predicted octanol–water partition coefficient (Wildman–Crippen LogP) is 2.40. The van der Waals surface area contributed by atoms with Gasteiger partial charge in [-0.3, -0.25) is 9.78 Å². The van der Waals surface area contributed by atoms with Crippen LogP contribution in [0.1, 0.15) is 69.3 Å². The minimum Gasteiger partial charge on any atom is -0.493 e. The average molecular weight is 529 g/mol. The number of aromatic nitrogens is 4. The molecule has 0 bridgehead atoms. The molecule has 1 aromatic carbocycles. The van der Waals surface area contributed by atoms with E-state index >= 15 is 0 Å². The van der Waals surface area contributed by atoms with Gasteiger partial charge in [-0.2, -0.15) is 4.72 Å². The van der Waals surface area contributed by atoms with Crippen LogP contribution in [0.3, 0.4) is 0 Å². The lowest BCUT2D eigenvalue weighted by molar-refractivity contribution is -0.122. The minimum absolute atomic E-state index is 0.0498. The van der Waals surface area contributed by atoms with Crippen LogP contribution in [0.15, 0.2) is 27.9 Å². The van der Waals surface area contributed by atoms with Crippen molar-refractivity contribution >= 4 is 21.6 Å². The van der Waals surface area contributed by atoms with Crippen LogP contribution in [-0.4, -0.2) is 52.9 Å². The summed E-state index contributed by atoms with van der Waals surface area (Å²) in [6.45, 7) is 4.46. The highest BCUT2D eigenvalue weighted by Gasteiger charge is 2.29. The largest absolute Gasteiger partial charge is 0.493 e. The van der Waals surface area contributed by atoms with Crippen LogP contribution < -0.4 is 20.5 Å². The predicted molar refractivity (Wildman–Crippen MR) is 137 cm³/mol. The first-order valence-electron chi connectivity index (χ1n) is 12.8. The number of fused-ring (bicyclic) bond motifs is 1. The average Bonchev–Trinajstić information content (AvgIpc) is 3.46. The second-order valence-electron chi connectivity index (χ2n) is 9.63. The van der Waals surface area contributed by atoms with Crippen molar-refractivity contribution in [3.63, 3.8) is 0 Å². The van der Waals surface area contributed by atoms with Gasteiger partial charge in [-0.15, -0.1) is 0 Å². The van der Waals surface area contributed by atoms with Gasteiger partial charge in [0.25, 0.3) is 0 Å². The van der Waals surface area contributed by atoms with Gasteiger partial charge in [-0.1, -0.05) is 12.8 Å². The zero-order valence-corrected chi connectivity index (χ0v) is 21.9. The van der Waals surface area contributed by atoms with E-state index in [2.05, 4.69) is 20.0 Å². The molecule has 2 aliphatic rings. The van der Waals surface area contributed by atoms with Gasteiger partial charge in [0.2, 0.25) is 15.9 Å². The molecule has 37 heavy (non-hydrogen) atoms. The maximum absolute atomic E-state index is 13.3. The highest BCUT2D eigenvalue weighted by molar-refractivity contribution is 7.89. The highest BCUT2D eigenvalue weighted by Crippen LogP contribution is 2.36. The van der Waals surface area contributed by atoms with Gasteiger partial charge in [0.15, 0.2) is 5.65 Å². The SMILES string of the molecule is CCOc1ccc(S(=O)(=O)NC2CCCCNC2=O)cc1-c1nc2c(C3CCCC3)nc(C)n2c(=O)[nH]1. The summed E-state index contributed by atoms with van der Waals surface area (Å²) in [6.07, 6.45) is 6.17. The first kappa shape index (κ1) is 25.4. The lowest BCUT2D eigenvalue weighted by Crippen LogP contribution is -2.45. The molecule has 198 valence electrons. The molecule has 11 nitrogen and oxygen atoms in total. The van der Waals surface area contributed by atoms with Crippen LogP contribution in [0, 0.1) is 6.92 Å². The molecule has 1 saturated heterocycles. The quantitative estimate of drug-likeness (QED) is 0.426. The first-order valence-corrected chi connectivity index (χ1v) is 14.3. The summed E-state index contributed by atoms with van der Waals surface area (Å²) in [5.41, 5.74) is 1.21. The maximum atomic E-state index is 13.3. The Kier molecular flexibility index (Phi) is 7.04. The van der Waals surface area contributed by atoms with E-state index in [1.54, 1.807) is 13.0 Å². The Morgan fingerprint density at radius 1 is 1.11 bits per heavy atom. The number of imidazole rings is 1. The number of amides is 1. The van der Waals surface area contributed by atoms with Crippen LogP contribution in [0.5, 0.6) is 5.75 Å². The molecule has 3 N–H and O–H groups in total. The minimum atomic E-state index is -4.04. The van der Waals surface area contributed by atoms with Gasteiger partial charge < -0.3 is 10.1 Å². The Morgan fingerprint density at radius 3 is 2.62 bits per heavy atom. The number of hydrogen-bond acceptors (Lipinski definition) is 7. The van der Waals surface area contributed by atoms with Gasteiger partial charge in [-0.05, 0) is 64.2 Å². The third-order valence-electron chi connectivity index (χ3n) is 7.08. The van der Waals surface area contributed by atoms with E-state index in [4.69, 9.17) is 9.72 Å². The fraction of sp³-hybridized carbons (Fsp3) is 0.520. The van der Waals surface area contributed by atoms with Crippen LogP contribution in [0.4, 0.5) is 0 Å². The molecule has 0 spiro atoms. The number of ether oxygens (including phenoxy) is 1. The summed E-state index contributed by atoms with van der Waals surface area (Å²) in [5.74, 6) is 1.05. The zero-order chi connectivity index (χ0) is 26.2. The molecular formula is C25H32N6O5S. The van der Waals surface area contributed by atoms with E-state index in [1.807, 2.05) is 6.92 Å². The Bertz CT molecular complexity index is 1490. The van der Waals surface area contributed by atoms with E-state index < -0.39 is 21.8 Å². The van der Waals surface area contributed by atoms with Gasteiger partial charge >= 0.3 is 5.69 Å². The second-order valence-corrected chi connectivity index (χ2v) is 11.3. The van der Waals surface area contributed by atoms with Crippen molar-refractivity contribution in [3.05, 3.63) is 40.2 Å². The molecule has 3 heterocycles. The van der Waals surface area contributed by atoms with Gasteiger partial charge in [0, 0.05) is 12.5 Å². The molecule has 2 aromatic heterocycles.